The number of hydrogen-bond donors (Lipinski definition) is 1. The zero-order valence-electron chi connectivity index (χ0n) is 10.9. The number of ether oxygens (including phenoxy) is 1. The van der Waals surface area contributed by atoms with Crippen LogP contribution in [0.3, 0.4) is 0 Å². The second-order valence-corrected chi connectivity index (χ2v) is 4.27. The van der Waals surface area contributed by atoms with Crippen molar-refractivity contribution in [3.63, 3.8) is 0 Å². The third kappa shape index (κ3) is 5.57. The molecular weight excluding hydrogens is 266 g/mol. The molecule has 0 saturated carbocycles. The molecule has 0 aromatic heterocycles. The molecule has 102 valence electrons. The van der Waals surface area contributed by atoms with E-state index in [0.29, 0.717) is 11.6 Å². The number of carbonyl (C=O) groups excluding carboxylic acids is 2. The first-order valence-electron chi connectivity index (χ1n) is 5.90. The van der Waals surface area contributed by atoms with Gasteiger partial charge in [-0.15, -0.1) is 0 Å². The van der Waals surface area contributed by atoms with Crippen molar-refractivity contribution in [2.45, 2.75) is 13.8 Å². The van der Waals surface area contributed by atoms with Gasteiger partial charge in [0.15, 0.2) is 0 Å². The molecule has 0 spiro atoms. The van der Waals surface area contributed by atoms with E-state index in [9.17, 15) is 9.59 Å². The van der Waals surface area contributed by atoms with Gasteiger partial charge in [0, 0.05) is 11.1 Å². The average molecular weight is 282 g/mol. The molecule has 4 nitrogen and oxygen atoms in total. The molecule has 1 aromatic rings. The molecule has 0 unspecified atom stereocenters. The Kier molecular flexibility index (Phi) is 6.09. The predicted molar refractivity (Wildman–Crippen MR) is 74.9 cm³/mol. The van der Waals surface area contributed by atoms with Crippen molar-refractivity contribution in [1.29, 1.82) is 0 Å². The number of amides is 1. The molecule has 1 N–H and O–H groups in total. The molecule has 0 heterocycles. The number of benzene rings is 1. The fraction of sp³-hybridized carbons (Fsp3) is 0.286. The van der Waals surface area contributed by atoms with Crippen LogP contribution >= 0.6 is 11.6 Å². The van der Waals surface area contributed by atoms with Gasteiger partial charge in [0.25, 0.3) is 0 Å². The van der Waals surface area contributed by atoms with Gasteiger partial charge in [-0.1, -0.05) is 23.7 Å². The molecule has 1 rings (SSSR count). The number of hydrogen-bond acceptors (Lipinski definition) is 3. The Morgan fingerprint density at radius 2 is 2.16 bits per heavy atom. The van der Waals surface area contributed by atoms with Crippen LogP contribution in [0.15, 0.2) is 24.3 Å². The van der Waals surface area contributed by atoms with E-state index in [0.717, 1.165) is 11.1 Å². The van der Waals surface area contributed by atoms with Crippen molar-refractivity contribution in [2.24, 2.45) is 0 Å². The molecule has 0 bridgehead atoms. The van der Waals surface area contributed by atoms with Crippen LogP contribution in [-0.4, -0.2) is 25.0 Å². The Morgan fingerprint density at radius 3 is 2.79 bits per heavy atom. The summed E-state index contributed by atoms with van der Waals surface area (Å²) in [5.41, 5.74) is 1.80. The van der Waals surface area contributed by atoms with Crippen LogP contribution in [0, 0.1) is 6.92 Å². The van der Waals surface area contributed by atoms with E-state index in [1.807, 2.05) is 19.1 Å². The second kappa shape index (κ2) is 7.59. The highest BCUT2D eigenvalue weighted by atomic mass is 35.5. The van der Waals surface area contributed by atoms with E-state index in [4.69, 9.17) is 11.6 Å². The quantitative estimate of drug-likeness (QED) is 0.666. The van der Waals surface area contributed by atoms with E-state index < -0.39 is 5.97 Å². The maximum Gasteiger partial charge on any atom is 0.325 e. The Balaban J connectivity index is 2.49. The van der Waals surface area contributed by atoms with Crippen molar-refractivity contribution in [3.05, 3.63) is 40.4 Å². The summed E-state index contributed by atoms with van der Waals surface area (Å²) in [5.74, 6) is -0.813. The van der Waals surface area contributed by atoms with Crippen molar-refractivity contribution in [1.82, 2.24) is 5.32 Å². The minimum atomic E-state index is -0.456. The van der Waals surface area contributed by atoms with Gasteiger partial charge in [0.2, 0.25) is 5.91 Å². The fourth-order valence-corrected chi connectivity index (χ4v) is 1.50. The van der Waals surface area contributed by atoms with Crippen LogP contribution in [-0.2, 0) is 14.3 Å². The minimum absolute atomic E-state index is 0.133. The summed E-state index contributed by atoms with van der Waals surface area (Å²) >= 11 is 5.97. The molecule has 0 saturated heterocycles. The number of carbonyl (C=O) groups is 2. The van der Waals surface area contributed by atoms with Crippen LogP contribution in [0.5, 0.6) is 0 Å². The van der Waals surface area contributed by atoms with Crippen molar-refractivity contribution >= 4 is 29.6 Å². The van der Waals surface area contributed by atoms with Gasteiger partial charge < -0.3 is 10.1 Å². The lowest BCUT2D eigenvalue weighted by atomic mass is 10.1. The summed E-state index contributed by atoms with van der Waals surface area (Å²) < 4.78 is 4.69. The summed E-state index contributed by atoms with van der Waals surface area (Å²) in [6.07, 6.45) is 2.98. The smallest absolute Gasteiger partial charge is 0.325 e. The number of esters is 1. The lowest BCUT2D eigenvalue weighted by Crippen LogP contribution is -2.29. The van der Waals surface area contributed by atoms with Crippen molar-refractivity contribution in [2.75, 3.05) is 13.2 Å². The Morgan fingerprint density at radius 1 is 1.42 bits per heavy atom. The number of rotatable bonds is 5. The molecule has 0 aliphatic heterocycles. The predicted octanol–water partition coefficient (Wildman–Crippen LogP) is 2.34. The summed E-state index contributed by atoms with van der Waals surface area (Å²) in [6, 6.07) is 5.50. The van der Waals surface area contributed by atoms with Crippen LogP contribution < -0.4 is 5.32 Å². The van der Waals surface area contributed by atoms with E-state index in [1.54, 1.807) is 19.1 Å². The van der Waals surface area contributed by atoms with Crippen LogP contribution in [0.1, 0.15) is 18.1 Å². The highest BCUT2D eigenvalue weighted by Gasteiger charge is 2.03. The third-order valence-corrected chi connectivity index (χ3v) is 2.74. The zero-order valence-corrected chi connectivity index (χ0v) is 11.7. The van der Waals surface area contributed by atoms with Gasteiger partial charge in [0.05, 0.1) is 6.61 Å². The monoisotopic (exact) mass is 281 g/mol. The average Bonchev–Trinajstić information content (AvgIpc) is 2.38. The van der Waals surface area contributed by atoms with Crippen LogP contribution in [0.2, 0.25) is 5.02 Å². The van der Waals surface area contributed by atoms with Gasteiger partial charge in [0.1, 0.15) is 6.54 Å². The molecule has 0 aliphatic carbocycles. The molecule has 5 heteroatoms. The van der Waals surface area contributed by atoms with Crippen LogP contribution in [0.25, 0.3) is 6.08 Å². The van der Waals surface area contributed by atoms with Gasteiger partial charge in [-0.05, 0) is 37.1 Å². The third-order valence-electron chi connectivity index (χ3n) is 2.34. The summed E-state index contributed by atoms with van der Waals surface area (Å²) in [6.45, 7) is 3.78. The van der Waals surface area contributed by atoms with E-state index in [2.05, 4.69) is 10.1 Å². The lowest BCUT2D eigenvalue weighted by Gasteiger charge is -2.02. The summed E-state index contributed by atoms with van der Waals surface area (Å²) in [5, 5.41) is 3.08. The molecule has 0 atom stereocenters. The maximum absolute atomic E-state index is 11.4. The Labute approximate surface area is 117 Å². The number of aryl methyl sites for hydroxylation is 1. The largest absolute Gasteiger partial charge is 0.465 e. The fourth-order valence-electron chi connectivity index (χ4n) is 1.31. The molecule has 19 heavy (non-hydrogen) atoms. The van der Waals surface area contributed by atoms with Gasteiger partial charge in [-0.2, -0.15) is 0 Å². The van der Waals surface area contributed by atoms with Gasteiger partial charge >= 0.3 is 5.97 Å². The van der Waals surface area contributed by atoms with E-state index in [1.165, 1.54) is 6.08 Å². The molecule has 1 amide bonds. The standard InChI is InChI=1S/C14H16ClNO3/c1-3-19-14(18)9-16-13(17)7-6-11-5-4-10(2)12(15)8-11/h4-8H,3,9H2,1-2H3,(H,16,17)/b7-6+. The first kappa shape index (κ1) is 15.2. The van der Waals surface area contributed by atoms with Crippen molar-refractivity contribution < 1.29 is 14.3 Å². The first-order chi connectivity index (χ1) is 9.02. The zero-order chi connectivity index (χ0) is 14.3. The first-order valence-corrected chi connectivity index (χ1v) is 6.28. The topological polar surface area (TPSA) is 55.4 Å². The molecule has 0 fully saturated rings. The van der Waals surface area contributed by atoms with Gasteiger partial charge in [-0.3, -0.25) is 9.59 Å². The Bertz CT molecular complexity index is 497. The number of nitrogens with one attached hydrogen (secondary N) is 1. The number of halogens is 1. The molecule has 1 aromatic carbocycles. The SMILES string of the molecule is CCOC(=O)CNC(=O)/C=C/c1ccc(C)c(Cl)c1. The van der Waals surface area contributed by atoms with E-state index >= 15 is 0 Å². The minimum Gasteiger partial charge on any atom is -0.465 e. The second-order valence-electron chi connectivity index (χ2n) is 3.86. The molecule has 0 radical (unpaired) electrons. The van der Waals surface area contributed by atoms with Crippen LogP contribution in [0.4, 0.5) is 0 Å². The summed E-state index contributed by atoms with van der Waals surface area (Å²) in [4.78, 5) is 22.5. The van der Waals surface area contributed by atoms with Gasteiger partial charge in [-0.25, -0.2) is 0 Å². The molecule has 0 aliphatic rings. The lowest BCUT2D eigenvalue weighted by molar-refractivity contribution is -0.143. The Hall–Kier alpha value is -1.81. The summed E-state index contributed by atoms with van der Waals surface area (Å²) in [7, 11) is 0. The highest BCUT2D eigenvalue weighted by Crippen LogP contribution is 2.17. The normalized spacial score (nSPS) is 10.5. The molecular formula is C14H16ClNO3. The van der Waals surface area contributed by atoms with Crippen molar-refractivity contribution in [3.8, 4) is 0 Å². The highest BCUT2D eigenvalue weighted by molar-refractivity contribution is 6.31. The van der Waals surface area contributed by atoms with E-state index in [-0.39, 0.29) is 12.5 Å². The maximum atomic E-state index is 11.4.